The maximum Gasteiger partial charge on any atom is 0.188 e. The monoisotopic (exact) mass is 246 g/mol. The van der Waals surface area contributed by atoms with Crippen molar-refractivity contribution in [2.75, 3.05) is 0 Å². The number of aromatic nitrogens is 4. The van der Waals surface area contributed by atoms with Gasteiger partial charge in [-0.15, -0.1) is 0 Å². The maximum absolute atomic E-state index is 12.1. The molecule has 0 unspecified atom stereocenters. The highest BCUT2D eigenvalue weighted by atomic mass is 16.1. The molecule has 2 aromatic rings. The summed E-state index contributed by atoms with van der Waals surface area (Å²) in [5.74, 6) is 0.0318. The molecule has 0 N–H and O–H groups in total. The molecule has 0 bridgehead atoms. The molecule has 0 aliphatic rings. The van der Waals surface area contributed by atoms with E-state index in [0.717, 1.165) is 23.5 Å². The van der Waals surface area contributed by atoms with Crippen molar-refractivity contribution in [3.05, 3.63) is 34.9 Å². The van der Waals surface area contributed by atoms with Gasteiger partial charge < -0.3 is 0 Å². The fourth-order valence-corrected chi connectivity index (χ4v) is 1.86. The highest BCUT2D eigenvalue weighted by Gasteiger charge is 2.14. The van der Waals surface area contributed by atoms with Crippen molar-refractivity contribution in [1.82, 2.24) is 19.6 Å². The average Bonchev–Trinajstić information content (AvgIpc) is 2.84. The molecular weight excluding hydrogens is 228 g/mol. The largest absolute Gasteiger partial charge is 0.292 e. The normalized spacial score (nSPS) is 10.9. The molecule has 5 heteroatoms. The topological polar surface area (TPSA) is 52.7 Å². The highest BCUT2D eigenvalue weighted by Crippen LogP contribution is 2.09. The van der Waals surface area contributed by atoms with Crippen molar-refractivity contribution in [1.29, 1.82) is 0 Å². The minimum Gasteiger partial charge on any atom is -0.292 e. The number of hydrogen-bond acceptors (Lipinski definition) is 3. The Balaban J connectivity index is 2.18. The molecule has 18 heavy (non-hydrogen) atoms. The fourth-order valence-electron chi connectivity index (χ4n) is 1.86. The highest BCUT2D eigenvalue weighted by molar-refractivity contribution is 5.95. The van der Waals surface area contributed by atoms with Crippen molar-refractivity contribution in [3.8, 4) is 0 Å². The molecule has 5 nitrogen and oxygen atoms in total. The quantitative estimate of drug-likeness (QED) is 0.767. The van der Waals surface area contributed by atoms with Crippen LogP contribution in [0.15, 0.2) is 12.1 Å². The summed E-state index contributed by atoms with van der Waals surface area (Å²) in [5.41, 5.74) is 3.45. The second-order valence-corrected chi connectivity index (χ2v) is 4.50. The van der Waals surface area contributed by atoms with E-state index in [2.05, 4.69) is 17.1 Å². The van der Waals surface area contributed by atoms with E-state index in [1.54, 1.807) is 9.36 Å². The Morgan fingerprint density at radius 2 is 1.94 bits per heavy atom. The second kappa shape index (κ2) is 4.76. The van der Waals surface area contributed by atoms with Gasteiger partial charge in [0, 0.05) is 25.5 Å². The molecular formula is C13H18N4O. The Hall–Kier alpha value is -1.91. The van der Waals surface area contributed by atoms with E-state index in [0.29, 0.717) is 12.1 Å². The van der Waals surface area contributed by atoms with E-state index >= 15 is 0 Å². The Bertz CT molecular complexity index is 560. The van der Waals surface area contributed by atoms with Gasteiger partial charge in [-0.2, -0.15) is 10.2 Å². The number of carbonyl (C=O) groups is 1. The Kier molecular flexibility index (Phi) is 3.32. The van der Waals surface area contributed by atoms with Gasteiger partial charge in [-0.1, -0.05) is 6.92 Å². The molecule has 0 aliphatic carbocycles. The smallest absolute Gasteiger partial charge is 0.188 e. The van der Waals surface area contributed by atoms with Crippen LogP contribution < -0.4 is 0 Å². The van der Waals surface area contributed by atoms with Crippen molar-refractivity contribution in [2.24, 2.45) is 14.1 Å². The van der Waals surface area contributed by atoms with Crippen LogP contribution in [0.5, 0.6) is 0 Å². The number of hydrogen-bond donors (Lipinski definition) is 0. The zero-order valence-corrected chi connectivity index (χ0v) is 11.3. The van der Waals surface area contributed by atoms with E-state index in [9.17, 15) is 4.79 Å². The predicted molar refractivity (Wildman–Crippen MR) is 68.6 cm³/mol. The molecule has 2 heterocycles. The van der Waals surface area contributed by atoms with Crippen LogP contribution >= 0.6 is 0 Å². The molecule has 0 radical (unpaired) electrons. The maximum atomic E-state index is 12.1. The molecule has 0 saturated carbocycles. The molecule has 0 aliphatic heterocycles. The molecule has 0 saturated heterocycles. The molecule has 0 aromatic carbocycles. The Labute approximate surface area is 106 Å². The lowest BCUT2D eigenvalue weighted by Crippen LogP contribution is -2.09. The third-order valence-electron chi connectivity index (χ3n) is 3.13. The van der Waals surface area contributed by atoms with Gasteiger partial charge in [0.2, 0.25) is 0 Å². The third-order valence-corrected chi connectivity index (χ3v) is 3.13. The zero-order valence-electron chi connectivity index (χ0n) is 11.3. The predicted octanol–water partition coefficient (Wildman–Crippen LogP) is 1.45. The first kappa shape index (κ1) is 12.5. The standard InChI is InChI=1S/C13H18N4O/c1-5-10-7-11(17(4)14-10)8-13(18)12-6-9(2)16(3)15-12/h6-7H,5,8H2,1-4H3. The Morgan fingerprint density at radius 3 is 2.44 bits per heavy atom. The van der Waals surface area contributed by atoms with Gasteiger partial charge in [-0.25, -0.2) is 0 Å². The van der Waals surface area contributed by atoms with Crippen LogP contribution in [0.25, 0.3) is 0 Å². The van der Waals surface area contributed by atoms with E-state index < -0.39 is 0 Å². The number of carbonyl (C=O) groups excluding carboxylic acids is 1. The number of aryl methyl sites for hydroxylation is 4. The van der Waals surface area contributed by atoms with Crippen LogP contribution in [0.3, 0.4) is 0 Å². The van der Waals surface area contributed by atoms with Crippen LogP contribution in [0.4, 0.5) is 0 Å². The average molecular weight is 246 g/mol. The van der Waals surface area contributed by atoms with Gasteiger partial charge in [0.25, 0.3) is 0 Å². The molecule has 2 aromatic heterocycles. The van der Waals surface area contributed by atoms with E-state index in [-0.39, 0.29) is 5.78 Å². The van der Waals surface area contributed by atoms with Gasteiger partial charge in [0.05, 0.1) is 12.1 Å². The van der Waals surface area contributed by atoms with Gasteiger partial charge in [0.1, 0.15) is 5.69 Å². The second-order valence-electron chi connectivity index (χ2n) is 4.50. The first-order valence-corrected chi connectivity index (χ1v) is 6.07. The summed E-state index contributed by atoms with van der Waals surface area (Å²) >= 11 is 0. The van der Waals surface area contributed by atoms with Crippen LogP contribution in [0.1, 0.15) is 34.5 Å². The number of Topliss-reactive ketones (excluding diaryl/α,β-unsaturated/α-hetero) is 1. The summed E-state index contributed by atoms with van der Waals surface area (Å²) in [5, 5.41) is 8.54. The summed E-state index contributed by atoms with van der Waals surface area (Å²) in [6.45, 7) is 3.99. The molecule has 2 rings (SSSR count). The van der Waals surface area contributed by atoms with Crippen molar-refractivity contribution in [3.63, 3.8) is 0 Å². The molecule has 0 amide bonds. The molecule has 0 fully saturated rings. The van der Waals surface area contributed by atoms with Crippen molar-refractivity contribution >= 4 is 5.78 Å². The van der Waals surface area contributed by atoms with Crippen molar-refractivity contribution < 1.29 is 4.79 Å². The minimum absolute atomic E-state index is 0.0318. The first-order chi connectivity index (χ1) is 8.51. The van der Waals surface area contributed by atoms with Crippen LogP contribution in [-0.4, -0.2) is 25.3 Å². The summed E-state index contributed by atoms with van der Waals surface area (Å²) in [7, 11) is 3.71. The molecule has 96 valence electrons. The number of rotatable bonds is 4. The first-order valence-electron chi connectivity index (χ1n) is 6.07. The van der Waals surface area contributed by atoms with E-state index in [1.165, 1.54) is 0 Å². The third kappa shape index (κ3) is 2.34. The van der Waals surface area contributed by atoms with Gasteiger partial charge in [-0.3, -0.25) is 14.2 Å². The van der Waals surface area contributed by atoms with Crippen LogP contribution in [0, 0.1) is 6.92 Å². The SMILES string of the molecule is CCc1cc(CC(=O)c2cc(C)n(C)n2)n(C)n1. The summed E-state index contributed by atoms with van der Waals surface area (Å²) in [6, 6.07) is 3.80. The van der Waals surface area contributed by atoms with Gasteiger partial charge in [-0.05, 0) is 25.5 Å². The van der Waals surface area contributed by atoms with E-state index in [1.807, 2.05) is 33.2 Å². The summed E-state index contributed by atoms with van der Waals surface area (Å²) in [6.07, 6.45) is 1.23. The number of nitrogens with zero attached hydrogens (tertiary/aromatic N) is 4. The molecule has 0 atom stereocenters. The van der Waals surface area contributed by atoms with E-state index in [4.69, 9.17) is 0 Å². The lowest BCUT2D eigenvalue weighted by Gasteiger charge is -1.98. The summed E-state index contributed by atoms with van der Waals surface area (Å²) < 4.78 is 3.49. The van der Waals surface area contributed by atoms with Crippen LogP contribution in [-0.2, 0) is 26.9 Å². The lowest BCUT2D eigenvalue weighted by molar-refractivity contribution is 0.0985. The van der Waals surface area contributed by atoms with Crippen molar-refractivity contribution in [2.45, 2.75) is 26.7 Å². The fraction of sp³-hybridized carbons (Fsp3) is 0.462. The lowest BCUT2D eigenvalue weighted by atomic mass is 10.1. The summed E-state index contributed by atoms with van der Waals surface area (Å²) in [4.78, 5) is 12.1. The number of ketones is 1. The van der Waals surface area contributed by atoms with Crippen LogP contribution in [0.2, 0.25) is 0 Å². The van der Waals surface area contributed by atoms with Gasteiger partial charge >= 0.3 is 0 Å². The van der Waals surface area contributed by atoms with Gasteiger partial charge in [0.15, 0.2) is 5.78 Å². The molecule has 0 spiro atoms. The Morgan fingerprint density at radius 1 is 1.22 bits per heavy atom. The minimum atomic E-state index is 0.0318. The zero-order chi connectivity index (χ0) is 13.3.